The quantitative estimate of drug-likeness (QED) is 0.623. The van der Waals surface area contributed by atoms with Crippen LogP contribution in [-0.4, -0.2) is 22.5 Å². The number of nitrogens with one attached hydrogen (secondary N) is 1. The molecule has 0 aliphatic heterocycles. The highest BCUT2D eigenvalue weighted by molar-refractivity contribution is 9.10. The second-order valence-corrected chi connectivity index (χ2v) is 5.68. The van der Waals surface area contributed by atoms with Crippen molar-refractivity contribution in [2.75, 3.05) is 7.11 Å². The van der Waals surface area contributed by atoms with Gasteiger partial charge in [0.2, 0.25) is 0 Å². The molecular weight excluding hydrogens is 296 g/mol. The van der Waals surface area contributed by atoms with Crippen LogP contribution >= 0.6 is 15.9 Å². The van der Waals surface area contributed by atoms with Gasteiger partial charge in [-0.15, -0.1) is 0 Å². The fraction of sp³-hybridized carbons (Fsp3) is 0.750. The second kappa shape index (κ2) is 5.69. The highest BCUT2D eigenvalue weighted by Gasteiger charge is 2.46. The van der Waals surface area contributed by atoms with Crippen molar-refractivity contribution in [2.24, 2.45) is 5.84 Å². The van der Waals surface area contributed by atoms with Crippen molar-refractivity contribution in [1.82, 2.24) is 15.2 Å². The molecule has 18 heavy (non-hydrogen) atoms. The summed E-state index contributed by atoms with van der Waals surface area (Å²) < 4.78 is 8.73. The van der Waals surface area contributed by atoms with Crippen molar-refractivity contribution in [2.45, 2.75) is 50.8 Å². The van der Waals surface area contributed by atoms with E-state index >= 15 is 0 Å². The molecule has 2 rings (SSSR count). The number of hydrazine groups is 1. The van der Waals surface area contributed by atoms with Crippen molar-refractivity contribution >= 4 is 15.9 Å². The number of aryl methyl sites for hydroxylation is 1. The normalized spacial score (nSPS) is 19.6. The smallest absolute Gasteiger partial charge is 0.0929 e. The number of hydrogen-bond donors (Lipinski definition) is 2. The lowest BCUT2D eigenvalue weighted by Gasteiger charge is -2.46. The Morgan fingerprint density at radius 3 is 2.83 bits per heavy atom. The fourth-order valence-electron chi connectivity index (χ4n) is 2.66. The molecule has 1 heterocycles. The van der Waals surface area contributed by atoms with E-state index in [0.717, 1.165) is 36.0 Å². The molecule has 1 aromatic heterocycles. The Morgan fingerprint density at radius 2 is 2.39 bits per heavy atom. The van der Waals surface area contributed by atoms with Gasteiger partial charge in [0.25, 0.3) is 0 Å². The molecule has 1 atom stereocenters. The number of nitrogens with two attached hydrogens (primary N) is 1. The molecule has 1 aliphatic rings. The SMILES string of the molecule is CCCn1ncc(Br)c1C(NN)C1(OC)CCC1. The van der Waals surface area contributed by atoms with Gasteiger partial charge in [0.05, 0.1) is 28.0 Å². The van der Waals surface area contributed by atoms with E-state index in [4.69, 9.17) is 10.6 Å². The van der Waals surface area contributed by atoms with Crippen LogP contribution in [0.2, 0.25) is 0 Å². The minimum absolute atomic E-state index is 0.0281. The number of halogens is 1. The lowest BCUT2D eigenvalue weighted by molar-refractivity contribution is -0.102. The molecule has 0 radical (unpaired) electrons. The zero-order valence-corrected chi connectivity index (χ0v) is 12.5. The largest absolute Gasteiger partial charge is 0.376 e. The molecule has 0 bridgehead atoms. The second-order valence-electron chi connectivity index (χ2n) is 4.82. The van der Waals surface area contributed by atoms with Crippen LogP contribution in [-0.2, 0) is 11.3 Å². The van der Waals surface area contributed by atoms with Crippen molar-refractivity contribution < 1.29 is 4.74 Å². The molecule has 1 aromatic rings. The molecule has 0 amide bonds. The highest BCUT2D eigenvalue weighted by Crippen LogP contribution is 2.45. The Labute approximate surface area is 116 Å². The third-order valence-electron chi connectivity index (χ3n) is 3.84. The number of hydrogen-bond acceptors (Lipinski definition) is 4. The summed E-state index contributed by atoms with van der Waals surface area (Å²) >= 11 is 3.57. The zero-order chi connectivity index (χ0) is 13.2. The van der Waals surface area contributed by atoms with Crippen LogP contribution in [0.5, 0.6) is 0 Å². The van der Waals surface area contributed by atoms with E-state index in [9.17, 15) is 0 Å². The predicted octanol–water partition coefficient (Wildman–Crippen LogP) is 2.13. The summed E-state index contributed by atoms with van der Waals surface area (Å²) in [5.74, 6) is 5.78. The first-order valence-corrected chi connectivity index (χ1v) is 7.20. The molecule has 1 fully saturated rings. The van der Waals surface area contributed by atoms with Crippen LogP contribution in [0.3, 0.4) is 0 Å². The first kappa shape index (κ1) is 14.0. The molecular formula is C12H21BrN4O. The average Bonchev–Trinajstić information content (AvgIpc) is 2.66. The summed E-state index contributed by atoms with van der Waals surface area (Å²) in [6.07, 6.45) is 6.12. The summed E-state index contributed by atoms with van der Waals surface area (Å²) in [6, 6.07) is -0.0281. The van der Waals surface area contributed by atoms with Crippen molar-refractivity contribution in [3.63, 3.8) is 0 Å². The van der Waals surface area contributed by atoms with Crippen LogP contribution in [0.4, 0.5) is 0 Å². The van der Waals surface area contributed by atoms with Crippen molar-refractivity contribution in [3.8, 4) is 0 Å². The van der Waals surface area contributed by atoms with Crippen LogP contribution < -0.4 is 11.3 Å². The van der Waals surface area contributed by atoms with Crippen LogP contribution in [0.15, 0.2) is 10.7 Å². The molecule has 1 aliphatic carbocycles. The average molecular weight is 317 g/mol. The van der Waals surface area contributed by atoms with Gasteiger partial charge in [-0.2, -0.15) is 5.10 Å². The first-order chi connectivity index (χ1) is 8.68. The maximum Gasteiger partial charge on any atom is 0.0929 e. The summed E-state index contributed by atoms with van der Waals surface area (Å²) in [4.78, 5) is 0. The van der Waals surface area contributed by atoms with Gasteiger partial charge in [-0.25, -0.2) is 5.43 Å². The minimum Gasteiger partial charge on any atom is -0.376 e. The van der Waals surface area contributed by atoms with Crippen molar-refractivity contribution in [1.29, 1.82) is 0 Å². The maximum absolute atomic E-state index is 5.78. The first-order valence-electron chi connectivity index (χ1n) is 6.41. The minimum atomic E-state index is -0.192. The van der Waals surface area contributed by atoms with Gasteiger partial charge < -0.3 is 4.74 Å². The number of rotatable bonds is 6. The van der Waals surface area contributed by atoms with Crippen LogP contribution in [0, 0.1) is 0 Å². The van der Waals surface area contributed by atoms with Gasteiger partial charge in [0, 0.05) is 13.7 Å². The fourth-order valence-corrected chi connectivity index (χ4v) is 3.19. The van der Waals surface area contributed by atoms with Gasteiger partial charge in [-0.3, -0.25) is 10.5 Å². The molecule has 0 saturated heterocycles. The predicted molar refractivity (Wildman–Crippen MR) is 73.9 cm³/mol. The topological polar surface area (TPSA) is 65.1 Å². The van der Waals surface area contributed by atoms with Gasteiger partial charge >= 0.3 is 0 Å². The third kappa shape index (κ3) is 2.22. The molecule has 0 spiro atoms. The molecule has 6 heteroatoms. The van der Waals surface area contributed by atoms with E-state index < -0.39 is 0 Å². The van der Waals surface area contributed by atoms with E-state index in [0.29, 0.717) is 0 Å². The van der Waals surface area contributed by atoms with E-state index in [1.165, 1.54) is 6.42 Å². The van der Waals surface area contributed by atoms with Gasteiger partial charge in [0.15, 0.2) is 0 Å². The lowest BCUT2D eigenvalue weighted by Crippen LogP contribution is -2.53. The van der Waals surface area contributed by atoms with Gasteiger partial charge in [0.1, 0.15) is 0 Å². The lowest BCUT2D eigenvalue weighted by atomic mass is 9.73. The van der Waals surface area contributed by atoms with E-state index in [2.05, 4.69) is 33.4 Å². The van der Waals surface area contributed by atoms with E-state index in [-0.39, 0.29) is 11.6 Å². The highest BCUT2D eigenvalue weighted by atomic mass is 79.9. The molecule has 3 N–H and O–H groups in total. The Kier molecular flexibility index (Phi) is 4.42. The number of aromatic nitrogens is 2. The van der Waals surface area contributed by atoms with E-state index in [1.54, 1.807) is 7.11 Å². The Morgan fingerprint density at radius 1 is 1.67 bits per heavy atom. The maximum atomic E-state index is 5.78. The standard InChI is InChI=1S/C12H21BrN4O/c1-3-7-17-10(9(13)8-15-17)11(16-14)12(18-2)5-4-6-12/h8,11,16H,3-7,14H2,1-2H3. The monoisotopic (exact) mass is 316 g/mol. The van der Waals surface area contributed by atoms with Crippen LogP contribution in [0.1, 0.15) is 44.3 Å². The Bertz CT molecular complexity index is 397. The molecule has 102 valence electrons. The van der Waals surface area contributed by atoms with Gasteiger partial charge in [-0.1, -0.05) is 6.92 Å². The summed E-state index contributed by atoms with van der Waals surface area (Å²) in [5.41, 5.74) is 3.81. The number of ether oxygens (including phenoxy) is 1. The van der Waals surface area contributed by atoms with Gasteiger partial charge in [-0.05, 0) is 41.6 Å². The summed E-state index contributed by atoms with van der Waals surface area (Å²) in [6.45, 7) is 3.03. The van der Waals surface area contributed by atoms with Crippen molar-refractivity contribution in [3.05, 3.63) is 16.4 Å². The number of methoxy groups -OCH3 is 1. The van der Waals surface area contributed by atoms with Crippen LogP contribution in [0.25, 0.3) is 0 Å². The summed E-state index contributed by atoms with van der Waals surface area (Å²) in [5, 5.41) is 4.40. The zero-order valence-electron chi connectivity index (χ0n) is 10.9. The summed E-state index contributed by atoms with van der Waals surface area (Å²) in [7, 11) is 1.76. The molecule has 1 saturated carbocycles. The molecule has 0 aromatic carbocycles. The third-order valence-corrected chi connectivity index (χ3v) is 4.45. The molecule has 1 unspecified atom stereocenters. The number of nitrogens with zero attached hydrogens (tertiary/aromatic N) is 2. The Balaban J connectivity index is 2.34. The molecule has 5 nitrogen and oxygen atoms in total. The van der Waals surface area contributed by atoms with E-state index in [1.807, 2.05) is 10.9 Å². The Hall–Kier alpha value is -0.430.